The maximum atomic E-state index is 10.6. The van der Waals surface area contributed by atoms with Crippen LogP contribution in [0.25, 0.3) is 6.08 Å². The van der Waals surface area contributed by atoms with E-state index in [1.165, 1.54) is 0 Å². The van der Waals surface area contributed by atoms with E-state index in [4.69, 9.17) is 4.42 Å². The van der Waals surface area contributed by atoms with Crippen molar-refractivity contribution in [2.45, 2.75) is 52.9 Å². The van der Waals surface area contributed by atoms with E-state index >= 15 is 0 Å². The minimum Gasteiger partial charge on any atom is -0.465 e. The zero-order valence-electron chi connectivity index (χ0n) is 11.4. The summed E-state index contributed by atoms with van der Waals surface area (Å²) in [4.78, 5) is 10.3. The predicted molar refractivity (Wildman–Crippen MR) is 72.0 cm³/mol. The molecule has 0 saturated carbocycles. The maximum Gasteiger partial charge on any atom is 0.247 e. The van der Waals surface area contributed by atoms with Crippen LogP contribution in [0, 0.1) is 10.1 Å². The largest absolute Gasteiger partial charge is 0.465 e. The third-order valence-electron chi connectivity index (χ3n) is 2.83. The van der Waals surface area contributed by atoms with Crippen LogP contribution >= 0.6 is 0 Å². The fourth-order valence-corrected chi connectivity index (χ4v) is 1.93. The van der Waals surface area contributed by atoms with Gasteiger partial charge in [-0.2, -0.15) is 0 Å². The van der Waals surface area contributed by atoms with Crippen molar-refractivity contribution in [3.05, 3.63) is 39.0 Å². The highest BCUT2D eigenvalue weighted by Gasteiger charge is 2.21. The van der Waals surface area contributed by atoms with Gasteiger partial charge in [0.05, 0.1) is 4.92 Å². The molecule has 2 rings (SSSR count). The molecule has 0 amide bonds. The average Bonchev–Trinajstić information content (AvgIpc) is 2.80. The van der Waals surface area contributed by atoms with Gasteiger partial charge in [0, 0.05) is 30.9 Å². The first-order valence-electron chi connectivity index (χ1n) is 6.67. The molecule has 0 N–H and O–H groups in total. The molecule has 0 fully saturated rings. The first-order valence-corrected chi connectivity index (χ1v) is 6.67. The molecule has 1 aliphatic carbocycles. The quantitative estimate of drug-likeness (QED) is 0.595. The van der Waals surface area contributed by atoms with Crippen LogP contribution in [0.5, 0.6) is 0 Å². The first kappa shape index (κ1) is 14.5. The molecule has 0 aromatic carbocycles. The summed E-state index contributed by atoms with van der Waals surface area (Å²) in [5, 5.41) is 10.6. The minimum absolute atomic E-state index is 0.287. The Morgan fingerprint density at radius 1 is 1.39 bits per heavy atom. The third-order valence-corrected chi connectivity index (χ3v) is 2.83. The average molecular weight is 251 g/mol. The molecule has 0 radical (unpaired) electrons. The highest BCUT2D eigenvalue weighted by atomic mass is 16.6. The molecule has 4 nitrogen and oxygen atoms in total. The molecule has 18 heavy (non-hydrogen) atoms. The lowest BCUT2D eigenvalue weighted by Gasteiger charge is -2.04. The smallest absolute Gasteiger partial charge is 0.247 e. The Morgan fingerprint density at radius 3 is 2.72 bits per heavy atom. The van der Waals surface area contributed by atoms with Gasteiger partial charge in [-0.25, -0.2) is 0 Å². The fourth-order valence-electron chi connectivity index (χ4n) is 1.93. The van der Waals surface area contributed by atoms with Gasteiger partial charge >= 0.3 is 0 Å². The van der Waals surface area contributed by atoms with Gasteiger partial charge < -0.3 is 4.42 Å². The summed E-state index contributed by atoms with van der Waals surface area (Å²) < 4.78 is 5.67. The lowest BCUT2D eigenvalue weighted by Crippen LogP contribution is -2.04. The Bertz CT molecular complexity index is 432. The Hall–Kier alpha value is -1.58. The Morgan fingerprint density at radius 2 is 2.11 bits per heavy atom. The molecule has 0 saturated heterocycles. The molecule has 4 heteroatoms. The van der Waals surface area contributed by atoms with Crippen LogP contribution in [-0.4, -0.2) is 4.92 Å². The Labute approximate surface area is 108 Å². The molecular weight excluding hydrogens is 230 g/mol. The summed E-state index contributed by atoms with van der Waals surface area (Å²) in [5.41, 5.74) is 1.18. The second-order valence-electron chi connectivity index (χ2n) is 4.09. The number of nitrogens with zero attached hydrogens (tertiary/aromatic N) is 1. The van der Waals surface area contributed by atoms with E-state index in [0.717, 1.165) is 36.3 Å². The Kier molecular flexibility index (Phi) is 5.62. The molecular formula is C14H21NO3. The summed E-state index contributed by atoms with van der Waals surface area (Å²) in [6.45, 7) is 6.13. The number of allylic oxidation sites excluding steroid dienone is 1. The SMILES string of the molecule is CC.CCCCc1cc2c(o1)CCC([N+](=O)[O-])=C2. The molecule has 1 aliphatic rings. The van der Waals surface area contributed by atoms with Gasteiger partial charge in [-0.15, -0.1) is 0 Å². The summed E-state index contributed by atoms with van der Waals surface area (Å²) in [6, 6.07) is 1.94. The van der Waals surface area contributed by atoms with Crippen LogP contribution < -0.4 is 0 Å². The van der Waals surface area contributed by atoms with Crippen molar-refractivity contribution >= 4 is 6.08 Å². The van der Waals surface area contributed by atoms with E-state index in [0.29, 0.717) is 12.8 Å². The number of hydrogen-bond acceptors (Lipinski definition) is 3. The van der Waals surface area contributed by atoms with E-state index in [1.54, 1.807) is 6.08 Å². The molecule has 100 valence electrons. The number of unbranched alkanes of at least 4 members (excludes halogenated alkanes) is 1. The number of nitro groups is 1. The number of rotatable bonds is 4. The molecule has 1 heterocycles. The number of fused-ring (bicyclic) bond motifs is 1. The van der Waals surface area contributed by atoms with Crippen molar-refractivity contribution in [3.63, 3.8) is 0 Å². The van der Waals surface area contributed by atoms with Crippen LogP contribution in [0.3, 0.4) is 0 Å². The summed E-state index contributed by atoms with van der Waals surface area (Å²) in [7, 11) is 0. The minimum atomic E-state index is -0.304. The van der Waals surface area contributed by atoms with Gasteiger partial charge in [-0.3, -0.25) is 10.1 Å². The molecule has 1 aromatic heterocycles. The number of aryl methyl sites for hydroxylation is 2. The zero-order chi connectivity index (χ0) is 13.5. The molecule has 0 unspecified atom stereocenters. The second-order valence-corrected chi connectivity index (χ2v) is 4.09. The highest BCUT2D eigenvalue weighted by Crippen LogP contribution is 2.27. The molecule has 0 atom stereocenters. The van der Waals surface area contributed by atoms with Gasteiger partial charge in [0.1, 0.15) is 11.5 Å². The summed E-state index contributed by atoms with van der Waals surface area (Å²) in [5.74, 6) is 1.85. The van der Waals surface area contributed by atoms with E-state index in [9.17, 15) is 10.1 Å². The zero-order valence-corrected chi connectivity index (χ0v) is 11.4. The van der Waals surface area contributed by atoms with Gasteiger partial charge in [-0.1, -0.05) is 27.2 Å². The van der Waals surface area contributed by atoms with E-state index < -0.39 is 0 Å². The Balaban J connectivity index is 0.000000771. The van der Waals surface area contributed by atoms with Crippen molar-refractivity contribution in [2.75, 3.05) is 0 Å². The van der Waals surface area contributed by atoms with E-state index in [2.05, 4.69) is 6.92 Å². The monoisotopic (exact) mass is 251 g/mol. The first-order chi connectivity index (χ1) is 8.70. The summed E-state index contributed by atoms with van der Waals surface area (Å²) >= 11 is 0. The second kappa shape index (κ2) is 6.99. The molecule has 0 aliphatic heterocycles. The van der Waals surface area contributed by atoms with E-state index in [-0.39, 0.29) is 10.6 Å². The molecule has 0 bridgehead atoms. The lowest BCUT2D eigenvalue weighted by atomic mass is 10.0. The van der Waals surface area contributed by atoms with Crippen LogP contribution in [0.4, 0.5) is 0 Å². The number of furan rings is 1. The van der Waals surface area contributed by atoms with Crippen molar-refractivity contribution in [2.24, 2.45) is 0 Å². The molecule has 0 spiro atoms. The van der Waals surface area contributed by atoms with Crippen LogP contribution in [0.2, 0.25) is 0 Å². The van der Waals surface area contributed by atoms with Crippen molar-refractivity contribution in [1.82, 2.24) is 0 Å². The van der Waals surface area contributed by atoms with Gasteiger partial charge in [0.15, 0.2) is 0 Å². The van der Waals surface area contributed by atoms with Gasteiger partial charge in [0.2, 0.25) is 5.70 Å². The van der Waals surface area contributed by atoms with Crippen molar-refractivity contribution < 1.29 is 9.34 Å². The highest BCUT2D eigenvalue weighted by molar-refractivity contribution is 5.56. The summed E-state index contributed by atoms with van der Waals surface area (Å²) in [6.07, 6.45) is 5.90. The van der Waals surface area contributed by atoms with Crippen LogP contribution in [0.1, 0.15) is 57.1 Å². The van der Waals surface area contributed by atoms with Crippen molar-refractivity contribution in [3.8, 4) is 0 Å². The third kappa shape index (κ3) is 3.45. The predicted octanol–water partition coefficient (Wildman–Crippen LogP) is 4.21. The molecule has 1 aromatic rings. The normalized spacial score (nSPS) is 13.2. The lowest BCUT2D eigenvalue weighted by molar-refractivity contribution is -0.426. The van der Waals surface area contributed by atoms with E-state index in [1.807, 2.05) is 19.9 Å². The standard InChI is InChI=1S/C12H15NO3.C2H6/c1-2-3-4-11-8-9-7-10(13(14)15)5-6-12(9)16-11;1-2/h7-8H,2-6H2,1H3;1-2H3. The number of hydrogen-bond donors (Lipinski definition) is 0. The van der Waals surface area contributed by atoms with Crippen molar-refractivity contribution in [1.29, 1.82) is 0 Å². The van der Waals surface area contributed by atoms with Gasteiger partial charge in [0.25, 0.3) is 0 Å². The topological polar surface area (TPSA) is 56.3 Å². The van der Waals surface area contributed by atoms with Crippen LogP contribution in [-0.2, 0) is 12.8 Å². The fraction of sp³-hybridized carbons (Fsp3) is 0.571. The van der Waals surface area contributed by atoms with Crippen LogP contribution in [0.15, 0.2) is 16.2 Å². The maximum absolute atomic E-state index is 10.6. The van der Waals surface area contributed by atoms with Gasteiger partial charge in [-0.05, 0) is 12.5 Å².